The van der Waals surface area contributed by atoms with Crippen molar-refractivity contribution in [2.75, 3.05) is 18.4 Å². The van der Waals surface area contributed by atoms with E-state index in [1.54, 1.807) is 33.1 Å². The van der Waals surface area contributed by atoms with Gasteiger partial charge >= 0.3 is 5.97 Å². The number of anilines is 1. The molecule has 1 aromatic heterocycles. The van der Waals surface area contributed by atoms with Crippen LogP contribution >= 0.6 is 11.3 Å². The number of aryl methyl sites for hydroxylation is 2. The molecule has 1 aliphatic rings. The molecule has 0 saturated heterocycles. The van der Waals surface area contributed by atoms with Gasteiger partial charge < -0.3 is 9.47 Å². The lowest BCUT2D eigenvalue weighted by Crippen LogP contribution is -2.17. The molecule has 1 aliphatic carbocycles. The topological polar surface area (TPSA) is 81.7 Å². The number of fused-ring (bicyclic) bond motifs is 1. The van der Waals surface area contributed by atoms with Gasteiger partial charge in [0.1, 0.15) is 10.8 Å². The molecule has 0 aliphatic heterocycles. The number of benzene rings is 1. The lowest BCUT2D eigenvalue weighted by molar-refractivity contribution is 0.0526. The van der Waals surface area contributed by atoms with Gasteiger partial charge in [0.05, 0.1) is 24.2 Å². The number of ether oxygens (including phenoxy) is 2. The fourth-order valence-corrected chi connectivity index (χ4v) is 6.67. The molecule has 2 aromatic rings. The van der Waals surface area contributed by atoms with Crippen LogP contribution in [-0.4, -0.2) is 28.1 Å². The summed E-state index contributed by atoms with van der Waals surface area (Å²) in [6, 6.07) is 3.41. The van der Waals surface area contributed by atoms with E-state index in [1.807, 2.05) is 13.8 Å². The molecule has 164 valence electrons. The lowest BCUT2D eigenvalue weighted by Gasteiger charge is -2.17. The first-order valence-electron chi connectivity index (χ1n) is 10.2. The van der Waals surface area contributed by atoms with E-state index in [0.717, 1.165) is 41.7 Å². The quantitative estimate of drug-likeness (QED) is 0.596. The zero-order valence-corrected chi connectivity index (χ0v) is 19.8. The second kappa shape index (κ2) is 8.98. The average molecular weight is 452 g/mol. The van der Waals surface area contributed by atoms with Gasteiger partial charge in [-0.25, -0.2) is 13.2 Å². The third kappa shape index (κ3) is 4.34. The summed E-state index contributed by atoms with van der Waals surface area (Å²) in [7, 11) is -2.32. The summed E-state index contributed by atoms with van der Waals surface area (Å²) in [4.78, 5) is 13.9. The Kier molecular flexibility index (Phi) is 6.77. The molecule has 1 heterocycles. The van der Waals surface area contributed by atoms with Crippen molar-refractivity contribution in [1.29, 1.82) is 0 Å². The van der Waals surface area contributed by atoms with Crippen molar-refractivity contribution in [1.82, 2.24) is 0 Å². The van der Waals surface area contributed by atoms with Crippen molar-refractivity contribution in [3.05, 3.63) is 39.3 Å². The first kappa shape index (κ1) is 22.6. The molecule has 0 amide bonds. The van der Waals surface area contributed by atoms with Crippen LogP contribution in [-0.2, 0) is 27.6 Å². The molecule has 6 nitrogen and oxygen atoms in total. The molecule has 3 rings (SSSR count). The third-order valence-corrected chi connectivity index (χ3v) is 8.14. The minimum absolute atomic E-state index is 0.0960. The van der Waals surface area contributed by atoms with E-state index >= 15 is 0 Å². The molecule has 1 N–H and O–H groups in total. The number of hydrogen-bond acceptors (Lipinski definition) is 6. The van der Waals surface area contributed by atoms with Gasteiger partial charge in [-0.15, -0.1) is 11.3 Å². The highest BCUT2D eigenvalue weighted by Crippen LogP contribution is 2.40. The van der Waals surface area contributed by atoms with Crippen LogP contribution in [0.25, 0.3) is 0 Å². The summed E-state index contributed by atoms with van der Waals surface area (Å²) < 4.78 is 40.0. The van der Waals surface area contributed by atoms with Crippen molar-refractivity contribution >= 4 is 32.3 Å². The fraction of sp³-hybridized carbons (Fsp3) is 0.500. The van der Waals surface area contributed by atoms with Gasteiger partial charge in [-0.05, 0) is 74.3 Å². The predicted molar refractivity (Wildman–Crippen MR) is 120 cm³/mol. The molecule has 30 heavy (non-hydrogen) atoms. The second-order valence-electron chi connectivity index (χ2n) is 7.76. The number of rotatable bonds is 7. The van der Waals surface area contributed by atoms with Crippen molar-refractivity contribution in [3.63, 3.8) is 0 Å². The summed E-state index contributed by atoms with van der Waals surface area (Å²) in [6.45, 7) is 7.71. The van der Waals surface area contributed by atoms with Gasteiger partial charge in [-0.2, -0.15) is 0 Å². The van der Waals surface area contributed by atoms with Gasteiger partial charge in [0.25, 0.3) is 10.0 Å². The Balaban J connectivity index is 2.07. The number of nitrogens with one attached hydrogen (secondary N) is 1. The molecule has 0 spiro atoms. The summed E-state index contributed by atoms with van der Waals surface area (Å²) >= 11 is 1.35. The lowest BCUT2D eigenvalue weighted by atomic mass is 9.95. The molecule has 0 bridgehead atoms. The van der Waals surface area contributed by atoms with Crippen LogP contribution in [0.1, 0.15) is 71.5 Å². The molecule has 0 radical (unpaired) electrons. The second-order valence-corrected chi connectivity index (χ2v) is 10.5. The van der Waals surface area contributed by atoms with Crippen molar-refractivity contribution in [2.45, 2.75) is 64.2 Å². The Bertz CT molecular complexity index is 1050. The number of hydrogen-bond donors (Lipinski definition) is 1. The summed E-state index contributed by atoms with van der Waals surface area (Å²) in [5.74, 6) is 0.294. The van der Waals surface area contributed by atoms with E-state index in [0.29, 0.717) is 21.9 Å². The minimum Gasteiger partial charge on any atom is -0.496 e. The van der Waals surface area contributed by atoms with Crippen LogP contribution in [0.3, 0.4) is 0 Å². The van der Waals surface area contributed by atoms with E-state index in [-0.39, 0.29) is 17.4 Å². The van der Waals surface area contributed by atoms with Crippen LogP contribution in [0.2, 0.25) is 0 Å². The standard InChI is InChI=1S/C22H29NO5S2/c1-6-28-22(24)20-15-9-7-8-10-18(15)29-21(20)23-30(25,26)19-12-16(13(2)3)17(27-5)11-14(19)4/h11-13,23H,6-10H2,1-5H3. The number of thiophene rings is 1. The van der Waals surface area contributed by atoms with E-state index in [1.165, 1.54) is 11.3 Å². The zero-order valence-electron chi connectivity index (χ0n) is 18.1. The number of sulfonamides is 1. The molecule has 0 saturated carbocycles. The first-order valence-corrected chi connectivity index (χ1v) is 12.5. The molecule has 1 aromatic carbocycles. The van der Waals surface area contributed by atoms with Crippen molar-refractivity contribution in [2.24, 2.45) is 0 Å². The average Bonchev–Trinajstić information content (AvgIpc) is 3.04. The van der Waals surface area contributed by atoms with Crippen molar-refractivity contribution in [3.8, 4) is 5.75 Å². The molecule has 0 unspecified atom stereocenters. The van der Waals surface area contributed by atoms with Crippen LogP contribution in [0, 0.1) is 6.92 Å². The summed E-state index contributed by atoms with van der Waals surface area (Å²) in [6.07, 6.45) is 3.64. The maximum atomic E-state index is 13.3. The number of methoxy groups -OCH3 is 1. The fourth-order valence-electron chi connectivity index (χ4n) is 3.83. The summed E-state index contributed by atoms with van der Waals surface area (Å²) in [5.41, 5.74) is 2.70. The maximum Gasteiger partial charge on any atom is 0.341 e. The molecular formula is C22H29NO5S2. The Hall–Kier alpha value is -2.06. The third-order valence-electron chi connectivity index (χ3n) is 5.32. The first-order chi connectivity index (χ1) is 14.2. The smallest absolute Gasteiger partial charge is 0.341 e. The van der Waals surface area contributed by atoms with E-state index in [2.05, 4.69) is 4.72 Å². The van der Waals surface area contributed by atoms with Crippen LogP contribution in [0.15, 0.2) is 17.0 Å². The number of carbonyl (C=O) groups is 1. The highest BCUT2D eigenvalue weighted by molar-refractivity contribution is 7.93. The van der Waals surface area contributed by atoms with Gasteiger partial charge in [0, 0.05) is 4.88 Å². The molecule has 8 heteroatoms. The van der Waals surface area contributed by atoms with E-state index < -0.39 is 16.0 Å². The number of esters is 1. The SMILES string of the molecule is CCOC(=O)c1c(NS(=O)(=O)c2cc(C(C)C)c(OC)cc2C)sc2c1CCCC2. The van der Waals surface area contributed by atoms with Crippen molar-refractivity contribution < 1.29 is 22.7 Å². The van der Waals surface area contributed by atoms with Gasteiger partial charge in [0.15, 0.2) is 0 Å². The highest BCUT2D eigenvalue weighted by Gasteiger charge is 2.30. The molecule has 0 fully saturated rings. The maximum absolute atomic E-state index is 13.3. The number of carbonyl (C=O) groups excluding carboxylic acids is 1. The Labute approximate surface area is 182 Å². The van der Waals surface area contributed by atoms with Gasteiger partial charge in [0.2, 0.25) is 0 Å². The van der Waals surface area contributed by atoms with Crippen LogP contribution in [0.5, 0.6) is 5.75 Å². The molecular weight excluding hydrogens is 422 g/mol. The van der Waals surface area contributed by atoms with E-state index in [4.69, 9.17) is 9.47 Å². The Morgan fingerprint density at radius 1 is 1.23 bits per heavy atom. The monoisotopic (exact) mass is 451 g/mol. The Morgan fingerprint density at radius 3 is 2.57 bits per heavy atom. The predicted octanol–water partition coefficient (Wildman–Crippen LogP) is 5.04. The zero-order chi connectivity index (χ0) is 22.1. The molecule has 0 atom stereocenters. The minimum atomic E-state index is -3.90. The highest BCUT2D eigenvalue weighted by atomic mass is 32.2. The van der Waals surface area contributed by atoms with Gasteiger partial charge in [-0.1, -0.05) is 13.8 Å². The van der Waals surface area contributed by atoms with Crippen LogP contribution < -0.4 is 9.46 Å². The van der Waals surface area contributed by atoms with Gasteiger partial charge in [-0.3, -0.25) is 4.72 Å². The van der Waals surface area contributed by atoms with E-state index in [9.17, 15) is 13.2 Å². The summed E-state index contributed by atoms with van der Waals surface area (Å²) in [5, 5.41) is 0.349. The largest absolute Gasteiger partial charge is 0.496 e. The Morgan fingerprint density at radius 2 is 1.93 bits per heavy atom. The normalized spacial score (nSPS) is 13.8. The van der Waals surface area contributed by atoms with Crippen LogP contribution in [0.4, 0.5) is 5.00 Å².